The fourth-order valence-corrected chi connectivity index (χ4v) is 2.24. The Labute approximate surface area is 77.1 Å². The molecule has 1 heteroatoms. The number of unbranched alkanes of at least 4 members (excludes halogenated alkanes) is 1. The largest absolute Gasteiger partial charge is 0.300 e. The van der Waals surface area contributed by atoms with Gasteiger partial charge in [0.25, 0.3) is 0 Å². The summed E-state index contributed by atoms with van der Waals surface area (Å²) in [4.78, 5) is 2.69. The first-order valence-electron chi connectivity index (χ1n) is 5.62. The first kappa shape index (κ1) is 10.0. The molecule has 0 spiro atoms. The smallest absolute Gasteiger partial charge is 0.00957 e. The number of hydrogen-bond acceptors (Lipinski definition) is 1. The van der Waals surface area contributed by atoms with Gasteiger partial charge < -0.3 is 4.90 Å². The Hall–Kier alpha value is -0.0400. The van der Waals surface area contributed by atoms with E-state index in [1.807, 2.05) is 0 Å². The zero-order valence-corrected chi connectivity index (χ0v) is 8.68. The molecule has 1 rings (SSSR count). The Morgan fingerprint density at radius 1 is 1.25 bits per heavy atom. The quantitative estimate of drug-likeness (QED) is 0.611. The number of rotatable bonds is 5. The molecule has 0 aliphatic carbocycles. The maximum atomic E-state index is 2.69. The van der Waals surface area contributed by atoms with Gasteiger partial charge in [-0.3, -0.25) is 0 Å². The molecule has 0 radical (unpaired) electrons. The molecule has 0 aromatic carbocycles. The molecule has 12 heavy (non-hydrogen) atoms. The van der Waals surface area contributed by atoms with E-state index in [2.05, 4.69) is 18.7 Å². The van der Waals surface area contributed by atoms with Crippen LogP contribution in [0.2, 0.25) is 0 Å². The van der Waals surface area contributed by atoms with Crippen LogP contribution in [-0.2, 0) is 0 Å². The molecule has 1 fully saturated rings. The van der Waals surface area contributed by atoms with Crippen molar-refractivity contribution in [3.05, 3.63) is 0 Å². The van der Waals surface area contributed by atoms with E-state index in [1.54, 1.807) is 0 Å². The third kappa shape index (κ3) is 2.78. The van der Waals surface area contributed by atoms with E-state index in [4.69, 9.17) is 0 Å². The summed E-state index contributed by atoms with van der Waals surface area (Å²) >= 11 is 0. The zero-order chi connectivity index (χ0) is 8.81. The molecule has 0 aromatic rings. The maximum Gasteiger partial charge on any atom is 0.00957 e. The van der Waals surface area contributed by atoms with Crippen molar-refractivity contribution < 1.29 is 0 Å². The summed E-state index contributed by atoms with van der Waals surface area (Å²) < 4.78 is 0. The van der Waals surface area contributed by atoms with E-state index in [0.717, 1.165) is 6.04 Å². The van der Waals surface area contributed by atoms with Crippen molar-refractivity contribution in [1.29, 1.82) is 0 Å². The van der Waals surface area contributed by atoms with E-state index in [1.165, 1.54) is 51.6 Å². The highest BCUT2D eigenvalue weighted by Crippen LogP contribution is 2.21. The molecule has 1 aliphatic heterocycles. The van der Waals surface area contributed by atoms with Crippen LogP contribution in [0.15, 0.2) is 0 Å². The molecule has 0 aromatic heterocycles. The van der Waals surface area contributed by atoms with Gasteiger partial charge >= 0.3 is 0 Å². The maximum absolute atomic E-state index is 2.69. The van der Waals surface area contributed by atoms with Crippen molar-refractivity contribution in [2.75, 3.05) is 13.1 Å². The molecule has 1 nitrogen and oxygen atoms in total. The third-order valence-corrected chi connectivity index (χ3v) is 2.90. The Morgan fingerprint density at radius 3 is 2.75 bits per heavy atom. The molecule has 0 amide bonds. The standard InChI is InChI=1S/C11H23N/c1-3-5-7-11-8-6-10-12(11)9-4-2/h11H,3-10H2,1-2H3. The Bertz CT molecular complexity index is 112. The Morgan fingerprint density at radius 2 is 2.08 bits per heavy atom. The SMILES string of the molecule is CCCCC1CCCN1CCC. The molecular weight excluding hydrogens is 146 g/mol. The van der Waals surface area contributed by atoms with Crippen LogP contribution in [0.4, 0.5) is 0 Å². The van der Waals surface area contributed by atoms with Gasteiger partial charge in [-0.1, -0.05) is 26.7 Å². The third-order valence-electron chi connectivity index (χ3n) is 2.90. The van der Waals surface area contributed by atoms with Crippen molar-refractivity contribution >= 4 is 0 Å². The van der Waals surface area contributed by atoms with E-state index < -0.39 is 0 Å². The predicted molar refractivity (Wildman–Crippen MR) is 54.4 cm³/mol. The van der Waals surface area contributed by atoms with E-state index in [9.17, 15) is 0 Å². The number of hydrogen-bond donors (Lipinski definition) is 0. The van der Waals surface area contributed by atoms with Gasteiger partial charge in [-0.25, -0.2) is 0 Å². The lowest BCUT2D eigenvalue weighted by molar-refractivity contribution is 0.240. The van der Waals surface area contributed by atoms with Crippen molar-refractivity contribution in [3.63, 3.8) is 0 Å². The summed E-state index contributed by atoms with van der Waals surface area (Å²) in [5.74, 6) is 0. The molecule has 0 N–H and O–H groups in total. The first-order chi connectivity index (χ1) is 5.88. The fraction of sp³-hybridized carbons (Fsp3) is 1.00. The van der Waals surface area contributed by atoms with Crippen molar-refractivity contribution in [2.24, 2.45) is 0 Å². The monoisotopic (exact) mass is 169 g/mol. The van der Waals surface area contributed by atoms with Gasteiger partial charge in [0, 0.05) is 6.04 Å². The highest BCUT2D eigenvalue weighted by atomic mass is 15.2. The van der Waals surface area contributed by atoms with Gasteiger partial charge in [0.15, 0.2) is 0 Å². The second-order valence-corrected chi connectivity index (χ2v) is 3.97. The summed E-state index contributed by atoms with van der Waals surface area (Å²) in [7, 11) is 0. The predicted octanol–water partition coefficient (Wildman–Crippen LogP) is 3.05. The minimum Gasteiger partial charge on any atom is -0.300 e. The highest BCUT2D eigenvalue weighted by molar-refractivity contribution is 4.78. The van der Waals surface area contributed by atoms with E-state index >= 15 is 0 Å². The molecule has 1 atom stereocenters. The first-order valence-corrected chi connectivity index (χ1v) is 5.62. The molecule has 0 saturated carbocycles. The second kappa shape index (κ2) is 5.58. The fourth-order valence-electron chi connectivity index (χ4n) is 2.24. The molecule has 0 bridgehead atoms. The van der Waals surface area contributed by atoms with Gasteiger partial charge in [0.2, 0.25) is 0 Å². The topological polar surface area (TPSA) is 3.24 Å². The normalized spacial score (nSPS) is 25.0. The Kier molecular flexibility index (Phi) is 4.67. The van der Waals surface area contributed by atoms with Crippen LogP contribution >= 0.6 is 0 Å². The average Bonchev–Trinajstić information content (AvgIpc) is 2.50. The van der Waals surface area contributed by atoms with Gasteiger partial charge in [-0.15, -0.1) is 0 Å². The molecule has 1 heterocycles. The average molecular weight is 169 g/mol. The van der Waals surface area contributed by atoms with Crippen LogP contribution in [0.5, 0.6) is 0 Å². The van der Waals surface area contributed by atoms with Gasteiger partial charge in [-0.2, -0.15) is 0 Å². The van der Waals surface area contributed by atoms with E-state index in [-0.39, 0.29) is 0 Å². The summed E-state index contributed by atoms with van der Waals surface area (Å²) in [5.41, 5.74) is 0. The van der Waals surface area contributed by atoms with Gasteiger partial charge in [-0.05, 0) is 38.8 Å². The number of nitrogens with zero attached hydrogens (tertiary/aromatic N) is 1. The van der Waals surface area contributed by atoms with Crippen molar-refractivity contribution in [3.8, 4) is 0 Å². The van der Waals surface area contributed by atoms with Crippen LogP contribution in [0, 0.1) is 0 Å². The zero-order valence-electron chi connectivity index (χ0n) is 8.68. The second-order valence-electron chi connectivity index (χ2n) is 3.97. The van der Waals surface area contributed by atoms with Crippen LogP contribution in [0.3, 0.4) is 0 Å². The molecule has 72 valence electrons. The van der Waals surface area contributed by atoms with E-state index in [0.29, 0.717) is 0 Å². The molecule has 1 aliphatic rings. The van der Waals surface area contributed by atoms with Crippen LogP contribution < -0.4 is 0 Å². The van der Waals surface area contributed by atoms with Crippen LogP contribution in [0.1, 0.15) is 52.4 Å². The summed E-state index contributed by atoms with van der Waals surface area (Å²) in [6.45, 7) is 7.27. The molecular formula is C11H23N. The summed E-state index contributed by atoms with van der Waals surface area (Å²) in [6, 6.07) is 0.935. The van der Waals surface area contributed by atoms with Crippen molar-refractivity contribution in [2.45, 2.75) is 58.4 Å². The van der Waals surface area contributed by atoms with Gasteiger partial charge in [0.05, 0.1) is 0 Å². The summed E-state index contributed by atoms with van der Waals surface area (Å²) in [5, 5.41) is 0. The lowest BCUT2D eigenvalue weighted by Crippen LogP contribution is -2.29. The van der Waals surface area contributed by atoms with Gasteiger partial charge in [0.1, 0.15) is 0 Å². The Balaban J connectivity index is 2.20. The molecule has 1 saturated heterocycles. The van der Waals surface area contributed by atoms with Crippen LogP contribution in [-0.4, -0.2) is 24.0 Å². The summed E-state index contributed by atoms with van der Waals surface area (Å²) in [6.07, 6.45) is 8.44. The highest BCUT2D eigenvalue weighted by Gasteiger charge is 2.22. The van der Waals surface area contributed by atoms with Crippen LogP contribution in [0.25, 0.3) is 0 Å². The minimum atomic E-state index is 0.935. The molecule has 1 unspecified atom stereocenters. The lowest BCUT2D eigenvalue weighted by atomic mass is 10.1. The minimum absolute atomic E-state index is 0.935. The van der Waals surface area contributed by atoms with Crippen molar-refractivity contribution in [1.82, 2.24) is 4.90 Å². The lowest BCUT2D eigenvalue weighted by Gasteiger charge is -2.23. The number of likely N-dealkylation sites (tertiary alicyclic amines) is 1.